The van der Waals surface area contributed by atoms with Gasteiger partial charge in [-0.15, -0.1) is 11.8 Å². The number of amides is 2. The number of ether oxygens (including phenoxy) is 2. The summed E-state index contributed by atoms with van der Waals surface area (Å²) in [7, 11) is 1.59. The van der Waals surface area contributed by atoms with Crippen LogP contribution in [0.1, 0.15) is 33.1 Å². The number of benzene rings is 1. The van der Waals surface area contributed by atoms with Crippen molar-refractivity contribution in [2.75, 3.05) is 31.8 Å². The van der Waals surface area contributed by atoms with Crippen molar-refractivity contribution < 1.29 is 29.0 Å². The van der Waals surface area contributed by atoms with Crippen LogP contribution < -0.4 is 9.64 Å². The second-order valence-corrected chi connectivity index (χ2v) is 12.2. The van der Waals surface area contributed by atoms with Gasteiger partial charge >= 0.3 is 5.97 Å². The molecule has 4 aliphatic heterocycles. The van der Waals surface area contributed by atoms with Crippen LogP contribution in [0.5, 0.6) is 5.75 Å². The average Bonchev–Trinajstić information content (AvgIpc) is 3.29. The van der Waals surface area contributed by atoms with Gasteiger partial charge in [0.1, 0.15) is 11.8 Å². The third-order valence-corrected chi connectivity index (χ3v) is 9.98. The van der Waals surface area contributed by atoms with Crippen LogP contribution in [0.25, 0.3) is 0 Å². The van der Waals surface area contributed by atoms with Crippen LogP contribution in [-0.4, -0.2) is 76.7 Å². The Balaban J connectivity index is 1.63. The van der Waals surface area contributed by atoms with Crippen molar-refractivity contribution in [2.45, 2.75) is 55.2 Å². The average molecular weight is 541 g/mol. The normalized spacial score (nSPS) is 32.8. The molecule has 2 saturated heterocycles. The van der Waals surface area contributed by atoms with E-state index in [1.807, 2.05) is 44.2 Å². The Labute approximate surface area is 228 Å². The third-order valence-electron chi connectivity index (χ3n) is 8.24. The molecule has 1 unspecified atom stereocenters. The van der Waals surface area contributed by atoms with Gasteiger partial charge in [0.2, 0.25) is 5.91 Å². The maximum atomic E-state index is 14.5. The molecule has 0 aliphatic carbocycles. The zero-order valence-electron chi connectivity index (χ0n) is 22.1. The maximum absolute atomic E-state index is 14.5. The molecule has 1 spiro atoms. The van der Waals surface area contributed by atoms with Crippen LogP contribution >= 0.6 is 11.8 Å². The molecule has 4 aliphatic rings. The fourth-order valence-electron chi connectivity index (χ4n) is 6.33. The summed E-state index contributed by atoms with van der Waals surface area (Å²) < 4.78 is 10.0. The van der Waals surface area contributed by atoms with E-state index >= 15 is 0 Å². The Morgan fingerprint density at radius 2 is 1.89 bits per heavy atom. The first-order chi connectivity index (χ1) is 18.3. The SMILES string of the molecule is COc1ccc(N2CC=C[C@]34S[C@@H]5/C=C\CCCCOC(=O)[C@@H]5[C@H]3C(=O)N([C@@H](CO)C(C)C)C4C2=O)cc1. The summed E-state index contributed by atoms with van der Waals surface area (Å²) in [4.78, 5) is 45.5. The van der Waals surface area contributed by atoms with Crippen LogP contribution in [0.4, 0.5) is 5.69 Å². The molecule has 1 aromatic rings. The number of nitrogens with zero attached hydrogens (tertiary/aromatic N) is 2. The first kappa shape index (κ1) is 26.8. The summed E-state index contributed by atoms with van der Waals surface area (Å²) in [6.07, 6.45) is 10.6. The van der Waals surface area contributed by atoms with Gasteiger partial charge in [0.25, 0.3) is 5.91 Å². The van der Waals surface area contributed by atoms with E-state index in [1.54, 1.807) is 29.0 Å². The van der Waals surface area contributed by atoms with Gasteiger partial charge in [0, 0.05) is 17.5 Å². The fraction of sp³-hybridized carbons (Fsp3) is 0.552. The molecule has 1 aromatic carbocycles. The number of esters is 1. The van der Waals surface area contributed by atoms with Crippen molar-refractivity contribution >= 4 is 35.2 Å². The number of allylic oxidation sites excluding steroid dienone is 1. The van der Waals surface area contributed by atoms with Crippen molar-refractivity contribution in [3.05, 3.63) is 48.6 Å². The Bertz CT molecular complexity index is 1130. The standard InChI is InChI=1S/C29H36N2O6S/c1-18(2)21(17-32)31-25-27(34)30(19-10-12-20(36-3)13-11-19)15-8-14-29(25)24(26(31)33)23-22(38-29)9-6-4-5-7-16-37-28(23)35/h6,8-14,18,21-25,32H,4-5,7,15-17H2,1-3H3/b9-6-/t21-,22+,23-,24-,25?,29-/m0/s1. The van der Waals surface area contributed by atoms with Gasteiger partial charge in [-0.05, 0) is 49.4 Å². The first-order valence-electron chi connectivity index (χ1n) is 13.4. The van der Waals surface area contributed by atoms with Gasteiger partial charge in [-0.3, -0.25) is 14.4 Å². The predicted molar refractivity (Wildman–Crippen MR) is 146 cm³/mol. The van der Waals surface area contributed by atoms with Crippen LogP contribution in [0.3, 0.4) is 0 Å². The second kappa shape index (κ2) is 10.8. The maximum Gasteiger partial charge on any atom is 0.311 e. The molecule has 4 heterocycles. The van der Waals surface area contributed by atoms with E-state index in [-0.39, 0.29) is 35.6 Å². The number of rotatable bonds is 5. The van der Waals surface area contributed by atoms with E-state index < -0.39 is 28.7 Å². The van der Waals surface area contributed by atoms with Crippen molar-refractivity contribution in [1.82, 2.24) is 4.90 Å². The van der Waals surface area contributed by atoms with Crippen molar-refractivity contribution in [3.63, 3.8) is 0 Å². The number of carbonyl (C=O) groups excluding carboxylic acids is 3. The number of fused-ring (bicyclic) bond motifs is 2. The van der Waals surface area contributed by atoms with Gasteiger partial charge in [-0.2, -0.15) is 0 Å². The van der Waals surface area contributed by atoms with E-state index in [2.05, 4.69) is 6.08 Å². The van der Waals surface area contributed by atoms with E-state index in [1.165, 1.54) is 11.8 Å². The lowest BCUT2D eigenvalue weighted by atomic mass is 9.78. The largest absolute Gasteiger partial charge is 0.497 e. The number of anilines is 1. The fourth-order valence-corrected chi connectivity index (χ4v) is 8.32. The molecule has 1 N–H and O–H groups in total. The van der Waals surface area contributed by atoms with Crippen LogP contribution in [0.15, 0.2) is 48.6 Å². The van der Waals surface area contributed by atoms with Crippen molar-refractivity contribution in [1.29, 1.82) is 0 Å². The summed E-state index contributed by atoms with van der Waals surface area (Å²) in [6, 6.07) is 5.83. The predicted octanol–water partition coefficient (Wildman–Crippen LogP) is 3.20. The number of hydrogen-bond acceptors (Lipinski definition) is 7. The van der Waals surface area contributed by atoms with Crippen molar-refractivity contribution in [2.24, 2.45) is 17.8 Å². The monoisotopic (exact) mass is 540 g/mol. The zero-order valence-corrected chi connectivity index (χ0v) is 22.9. The number of aliphatic hydroxyl groups is 1. The minimum atomic E-state index is -0.954. The van der Waals surface area contributed by atoms with Gasteiger partial charge in [0.05, 0.1) is 42.9 Å². The number of aliphatic hydroxyl groups excluding tert-OH is 1. The Hall–Kier alpha value is -2.78. The van der Waals surface area contributed by atoms with Gasteiger partial charge < -0.3 is 24.4 Å². The Morgan fingerprint density at radius 3 is 2.58 bits per heavy atom. The van der Waals surface area contributed by atoms with Crippen LogP contribution in [0.2, 0.25) is 0 Å². The van der Waals surface area contributed by atoms with E-state index in [0.717, 1.165) is 19.3 Å². The highest BCUT2D eigenvalue weighted by Gasteiger charge is 2.71. The number of cyclic esters (lactones) is 1. The van der Waals surface area contributed by atoms with E-state index in [9.17, 15) is 19.5 Å². The topological polar surface area (TPSA) is 96.4 Å². The molecule has 5 rings (SSSR count). The Morgan fingerprint density at radius 1 is 1.13 bits per heavy atom. The number of methoxy groups -OCH3 is 1. The molecule has 0 saturated carbocycles. The molecule has 2 amide bonds. The molecule has 204 valence electrons. The highest BCUT2D eigenvalue weighted by molar-refractivity contribution is 8.02. The highest BCUT2D eigenvalue weighted by Crippen LogP contribution is 2.61. The molecule has 6 atom stereocenters. The third kappa shape index (κ3) is 4.33. The number of thioether (sulfide) groups is 1. The Kier molecular flexibility index (Phi) is 7.60. The lowest BCUT2D eigenvalue weighted by Gasteiger charge is -2.39. The van der Waals surface area contributed by atoms with Crippen LogP contribution in [-0.2, 0) is 19.1 Å². The van der Waals surface area contributed by atoms with Crippen molar-refractivity contribution in [3.8, 4) is 5.75 Å². The summed E-state index contributed by atoms with van der Waals surface area (Å²) in [6.45, 7) is 4.26. The first-order valence-corrected chi connectivity index (χ1v) is 14.3. The lowest BCUT2D eigenvalue weighted by molar-refractivity contribution is -0.153. The lowest BCUT2D eigenvalue weighted by Crippen LogP contribution is -2.57. The summed E-state index contributed by atoms with van der Waals surface area (Å²) in [5.74, 6) is -1.74. The molecular formula is C29H36N2O6S. The van der Waals surface area contributed by atoms with Crippen LogP contribution in [0, 0.1) is 17.8 Å². The molecule has 0 aromatic heterocycles. The molecule has 2 fully saturated rings. The minimum Gasteiger partial charge on any atom is -0.497 e. The number of carbonyl (C=O) groups is 3. The number of likely N-dealkylation sites (tertiary alicyclic amines) is 1. The molecule has 8 nitrogen and oxygen atoms in total. The van der Waals surface area contributed by atoms with E-state index in [0.29, 0.717) is 24.6 Å². The summed E-state index contributed by atoms with van der Waals surface area (Å²) in [5.41, 5.74) is 0.694. The molecular weight excluding hydrogens is 504 g/mol. The highest BCUT2D eigenvalue weighted by atomic mass is 32.2. The summed E-state index contributed by atoms with van der Waals surface area (Å²) >= 11 is 1.52. The van der Waals surface area contributed by atoms with Gasteiger partial charge in [0.15, 0.2) is 0 Å². The molecule has 9 heteroatoms. The molecule has 0 radical (unpaired) electrons. The minimum absolute atomic E-state index is 0.0917. The molecule has 0 bridgehead atoms. The quantitative estimate of drug-likeness (QED) is 0.453. The number of hydrogen-bond donors (Lipinski definition) is 1. The molecule has 38 heavy (non-hydrogen) atoms. The second-order valence-electron chi connectivity index (χ2n) is 10.7. The zero-order chi connectivity index (χ0) is 27.0. The van der Waals surface area contributed by atoms with Gasteiger partial charge in [-0.1, -0.05) is 38.2 Å². The van der Waals surface area contributed by atoms with E-state index in [4.69, 9.17) is 9.47 Å². The smallest absolute Gasteiger partial charge is 0.311 e. The summed E-state index contributed by atoms with van der Waals surface area (Å²) in [5, 5.41) is 10.1. The van der Waals surface area contributed by atoms with Gasteiger partial charge in [-0.25, -0.2) is 0 Å².